The molecule has 2 amide bonds. The van der Waals surface area contributed by atoms with Gasteiger partial charge in [0.15, 0.2) is 0 Å². The number of anilines is 1. The molecule has 0 saturated carbocycles. The van der Waals surface area contributed by atoms with Crippen LogP contribution >= 0.6 is 11.8 Å². The summed E-state index contributed by atoms with van der Waals surface area (Å²) in [6, 6.07) is 11.1. The van der Waals surface area contributed by atoms with Crippen molar-refractivity contribution >= 4 is 42.0 Å². The summed E-state index contributed by atoms with van der Waals surface area (Å²) in [4.78, 5) is 38.1. The first-order chi connectivity index (χ1) is 17.0. The van der Waals surface area contributed by atoms with Crippen LogP contribution in [0.5, 0.6) is 0 Å². The van der Waals surface area contributed by atoms with Crippen LogP contribution in [0.1, 0.15) is 57.2 Å². The maximum Gasteiger partial charge on any atom is 0.517 e. The molecule has 0 unspecified atom stereocenters. The van der Waals surface area contributed by atoms with Crippen molar-refractivity contribution in [3.05, 3.63) is 58.0 Å². The Balaban J connectivity index is 1.98. The van der Waals surface area contributed by atoms with Crippen molar-refractivity contribution < 1.29 is 19.3 Å². The van der Waals surface area contributed by atoms with Gasteiger partial charge in [0.1, 0.15) is 5.60 Å². The van der Waals surface area contributed by atoms with E-state index in [4.69, 9.17) is 4.74 Å². The molecule has 2 N–H and O–H groups in total. The topological polar surface area (TPSA) is 108 Å². The minimum Gasteiger partial charge on any atom is -0.444 e. The summed E-state index contributed by atoms with van der Waals surface area (Å²) >= 11 is 1.58. The van der Waals surface area contributed by atoms with Crippen LogP contribution in [0.4, 0.5) is 10.5 Å². The van der Waals surface area contributed by atoms with Crippen LogP contribution in [0.25, 0.3) is 0 Å². The normalized spacial score (nSPS) is 11.1. The van der Waals surface area contributed by atoms with Crippen LogP contribution in [-0.2, 0) is 28.9 Å². The third-order valence-electron chi connectivity index (χ3n) is 5.54. The lowest BCUT2D eigenvalue weighted by Crippen LogP contribution is -2.33. The summed E-state index contributed by atoms with van der Waals surface area (Å²) in [7, 11) is 0.331. The molecule has 0 aliphatic rings. The quantitative estimate of drug-likeness (QED) is 0.255. The lowest BCUT2D eigenvalue weighted by molar-refractivity contribution is -0.116. The number of nitroso groups, excluding NO2 is 1. The van der Waals surface area contributed by atoms with Crippen molar-refractivity contribution in [2.45, 2.75) is 70.4 Å². The van der Waals surface area contributed by atoms with Gasteiger partial charge in [-0.2, -0.15) is 4.91 Å². The lowest BCUT2D eigenvalue weighted by Gasteiger charge is -2.25. The minimum absolute atomic E-state index is 0.0893. The summed E-state index contributed by atoms with van der Waals surface area (Å²) in [5.41, 5.74) is 3.63. The third kappa shape index (κ3) is 8.98. The third-order valence-corrected chi connectivity index (χ3v) is 6.37. The van der Waals surface area contributed by atoms with E-state index in [-0.39, 0.29) is 5.91 Å². The number of hydrogen-bond acceptors (Lipinski definition) is 7. The second kappa shape index (κ2) is 13.5. The molecule has 0 radical (unpaired) electrons. The van der Waals surface area contributed by atoms with Crippen molar-refractivity contribution in [1.29, 1.82) is 0 Å². The van der Waals surface area contributed by atoms with Crippen molar-refractivity contribution in [1.82, 2.24) is 4.90 Å². The molecular formula is C26H36BN3O5S. The Morgan fingerprint density at radius 3 is 2.47 bits per heavy atom. The SMILES string of the molecule is CCc1cc(B(O)N=O)ccc1CCCC(=O)Nc1ccc(SC)c(CN(C)C(=O)OC(C)(C)C)c1. The van der Waals surface area contributed by atoms with Gasteiger partial charge in [-0.1, -0.05) is 30.2 Å². The molecule has 2 aromatic rings. The minimum atomic E-state index is -1.36. The zero-order valence-electron chi connectivity index (χ0n) is 22.0. The number of aryl methyl sites for hydroxylation is 2. The van der Waals surface area contributed by atoms with Crippen molar-refractivity contribution in [3.63, 3.8) is 0 Å². The number of nitrogens with zero attached hydrogens (tertiary/aromatic N) is 2. The zero-order chi connectivity index (χ0) is 26.9. The van der Waals surface area contributed by atoms with E-state index in [2.05, 4.69) is 10.4 Å². The fourth-order valence-electron chi connectivity index (χ4n) is 3.74. The van der Waals surface area contributed by atoms with Gasteiger partial charge in [0.25, 0.3) is 0 Å². The molecule has 0 aliphatic heterocycles. The maximum atomic E-state index is 12.6. The van der Waals surface area contributed by atoms with Crippen LogP contribution in [0, 0.1) is 4.91 Å². The highest BCUT2D eigenvalue weighted by Crippen LogP contribution is 2.26. The van der Waals surface area contributed by atoms with Gasteiger partial charge >= 0.3 is 13.1 Å². The van der Waals surface area contributed by atoms with Gasteiger partial charge in [0, 0.05) is 30.6 Å². The zero-order valence-corrected chi connectivity index (χ0v) is 22.8. The number of carbonyl (C=O) groups is 2. The predicted molar refractivity (Wildman–Crippen MR) is 147 cm³/mol. The Hall–Kier alpha value is -2.85. The molecule has 0 fully saturated rings. The number of nitrogens with one attached hydrogen (secondary N) is 1. The first-order valence-corrected chi connectivity index (χ1v) is 13.2. The number of benzene rings is 2. The van der Waals surface area contributed by atoms with Gasteiger partial charge in [-0.3, -0.25) is 4.79 Å². The number of rotatable bonds is 11. The van der Waals surface area contributed by atoms with Crippen molar-refractivity contribution in [2.75, 3.05) is 18.6 Å². The predicted octanol–water partition coefficient (Wildman–Crippen LogP) is 4.75. The molecule has 0 atom stereocenters. The van der Waals surface area contributed by atoms with Crippen LogP contribution < -0.4 is 10.8 Å². The monoisotopic (exact) mass is 513 g/mol. The summed E-state index contributed by atoms with van der Waals surface area (Å²) < 4.78 is 5.44. The van der Waals surface area contributed by atoms with Gasteiger partial charge in [0.2, 0.25) is 5.91 Å². The molecule has 0 aliphatic carbocycles. The van der Waals surface area contributed by atoms with E-state index in [1.54, 1.807) is 30.9 Å². The van der Waals surface area contributed by atoms with Gasteiger partial charge in [-0.15, -0.1) is 11.8 Å². The average Bonchev–Trinajstić information content (AvgIpc) is 2.82. The fourth-order valence-corrected chi connectivity index (χ4v) is 4.33. The molecule has 10 heteroatoms. The second-order valence-electron chi connectivity index (χ2n) is 9.63. The molecule has 36 heavy (non-hydrogen) atoms. The van der Waals surface area contributed by atoms with E-state index < -0.39 is 18.7 Å². The van der Waals surface area contributed by atoms with E-state index in [0.29, 0.717) is 37.0 Å². The Kier molecular flexibility index (Phi) is 11.0. The Morgan fingerprint density at radius 1 is 1.14 bits per heavy atom. The number of ether oxygens (including phenoxy) is 1. The highest BCUT2D eigenvalue weighted by Gasteiger charge is 2.21. The molecule has 2 aromatic carbocycles. The highest BCUT2D eigenvalue weighted by atomic mass is 32.2. The molecule has 2 rings (SSSR count). The van der Waals surface area contributed by atoms with Crippen LogP contribution in [0.2, 0.25) is 0 Å². The lowest BCUT2D eigenvalue weighted by atomic mass is 9.74. The molecule has 8 nitrogen and oxygen atoms in total. The Bertz CT molecular complexity index is 1070. The molecular weight excluding hydrogens is 477 g/mol. The molecule has 0 heterocycles. The van der Waals surface area contributed by atoms with Gasteiger partial charge in [-0.05, 0) is 86.6 Å². The van der Waals surface area contributed by atoms with Gasteiger partial charge in [-0.25, -0.2) is 4.79 Å². The highest BCUT2D eigenvalue weighted by molar-refractivity contribution is 7.98. The summed E-state index contributed by atoms with van der Waals surface area (Å²) in [6.07, 6.45) is 4.03. The fraction of sp³-hybridized carbons (Fsp3) is 0.462. The summed E-state index contributed by atoms with van der Waals surface area (Å²) in [5.74, 6) is -0.0893. The number of carbonyl (C=O) groups excluding carboxylic acids is 2. The Morgan fingerprint density at radius 2 is 1.86 bits per heavy atom. The molecule has 0 saturated heterocycles. The smallest absolute Gasteiger partial charge is 0.444 e. The van der Waals surface area contributed by atoms with E-state index in [9.17, 15) is 19.5 Å². The average molecular weight is 513 g/mol. The van der Waals surface area contributed by atoms with Crippen molar-refractivity contribution in [3.8, 4) is 0 Å². The van der Waals surface area contributed by atoms with E-state index >= 15 is 0 Å². The van der Waals surface area contributed by atoms with Crippen LogP contribution in [0.3, 0.4) is 0 Å². The maximum absolute atomic E-state index is 12.6. The first-order valence-electron chi connectivity index (χ1n) is 12.0. The number of amides is 2. The second-order valence-corrected chi connectivity index (χ2v) is 10.5. The van der Waals surface area contributed by atoms with Gasteiger partial charge < -0.3 is 20.0 Å². The summed E-state index contributed by atoms with van der Waals surface area (Å²) in [5, 5.41) is 15.3. The molecule has 0 spiro atoms. The number of hydrogen-bond donors (Lipinski definition) is 2. The van der Waals surface area contributed by atoms with E-state index in [1.807, 2.05) is 58.2 Å². The molecule has 194 valence electrons. The van der Waals surface area contributed by atoms with E-state index in [1.165, 1.54) is 4.90 Å². The van der Waals surface area contributed by atoms with E-state index in [0.717, 1.165) is 28.0 Å². The summed E-state index contributed by atoms with van der Waals surface area (Å²) in [6.45, 7) is 7.85. The first kappa shape index (κ1) is 29.4. The van der Waals surface area contributed by atoms with Crippen LogP contribution in [0.15, 0.2) is 46.4 Å². The number of thioether (sulfide) groups is 1. The molecule has 0 aromatic heterocycles. The van der Waals surface area contributed by atoms with Crippen LogP contribution in [-0.4, -0.2) is 47.9 Å². The molecule has 0 bridgehead atoms. The van der Waals surface area contributed by atoms with Gasteiger partial charge in [0.05, 0.1) is 0 Å². The van der Waals surface area contributed by atoms with Crippen molar-refractivity contribution in [2.24, 2.45) is 5.09 Å². The Labute approximate surface area is 218 Å². The standard InChI is InChI=1S/C26H36BN3O5S/c1-7-18-15-21(27(33)29-34)12-11-19(18)9-8-10-24(31)28-22-13-14-23(36-6)20(16-22)17-30(5)25(32)35-26(2,3)4/h11-16,33H,7-10,17H2,1-6H3,(H,28,31). The largest absolute Gasteiger partial charge is 0.517 e.